The molecule has 0 saturated carbocycles. The van der Waals surface area contributed by atoms with Crippen molar-refractivity contribution in [1.29, 1.82) is 0 Å². The lowest BCUT2D eigenvalue weighted by Crippen LogP contribution is -2.31. The van der Waals surface area contributed by atoms with Crippen LogP contribution in [0.3, 0.4) is 0 Å². The second-order valence-corrected chi connectivity index (χ2v) is 6.34. The molecule has 0 aromatic carbocycles. The van der Waals surface area contributed by atoms with Crippen molar-refractivity contribution < 1.29 is 9.53 Å². The number of rotatable bonds is 7. The summed E-state index contributed by atoms with van der Waals surface area (Å²) >= 11 is 1.64. The maximum absolute atomic E-state index is 12.5. The molecule has 0 radical (unpaired) electrons. The molecule has 0 unspecified atom stereocenters. The highest BCUT2D eigenvalue weighted by Crippen LogP contribution is 2.26. The first-order chi connectivity index (χ1) is 12.3. The van der Waals surface area contributed by atoms with E-state index in [1.165, 1.54) is 5.56 Å². The summed E-state index contributed by atoms with van der Waals surface area (Å²) in [5.74, 6) is 0.450. The number of nitrogens with zero attached hydrogens (tertiary/aromatic N) is 2. The highest BCUT2D eigenvalue weighted by Gasteiger charge is 2.20. The van der Waals surface area contributed by atoms with Crippen LogP contribution in [0.2, 0.25) is 0 Å². The number of thiophene rings is 1. The first-order valence-electron chi connectivity index (χ1n) is 7.95. The third-order valence-corrected chi connectivity index (χ3v) is 4.52. The van der Waals surface area contributed by atoms with E-state index in [0.29, 0.717) is 12.3 Å². The third kappa shape index (κ3) is 4.64. The van der Waals surface area contributed by atoms with E-state index in [0.717, 1.165) is 11.3 Å². The summed E-state index contributed by atoms with van der Waals surface area (Å²) in [7, 11) is 1.59. The van der Waals surface area contributed by atoms with Crippen LogP contribution in [0.1, 0.15) is 22.9 Å². The number of hydrogen-bond donors (Lipinski definition) is 1. The Labute approximate surface area is 150 Å². The Balaban J connectivity index is 1.79. The Morgan fingerprint density at radius 3 is 2.80 bits per heavy atom. The average molecular weight is 353 g/mol. The Bertz CT molecular complexity index is 807. The maximum Gasteiger partial charge on any atom is 0.226 e. The van der Waals surface area contributed by atoms with Gasteiger partial charge in [-0.3, -0.25) is 9.78 Å². The smallest absolute Gasteiger partial charge is 0.226 e. The van der Waals surface area contributed by atoms with Crippen molar-refractivity contribution >= 4 is 17.2 Å². The van der Waals surface area contributed by atoms with E-state index < -0.39 is 0 Å². The number of ether oxygens (including phenoxy) is 1. The van der Waals surface area contributed by atoms with Gasteiger partial charge in [-0.25, -0.2) is 4.98 Å². The molecule has 128 valence electrons. The molecule has 3 aromatic heterocycles. The Morgan fingerprint density at radius 1 is 1.20 bits per heavy atom. The van der Waals surface area contributed by atoms with Crippen molar-refractivity contribution in [1.82, 2.24) is 15.3 Å². The lowest BCUT2D eigenvalue weighted by molar-refractivity contribution is -0.121. The highest BCUT2D eigenvalue weighted by atomic mass is 32.1. The molecule has 0 aliphatic carbocycles. The van der Waals surface area contributed by atoms with Gasteiger partial charge in [0.1, 0.15) is 0 Å². The van der Waals surface area contributed by atoms with E-state index in [1.54, 1.807) is 30.8 Å². The number of carbonyl (C=O) groups excluding carboxylic acids is 1. The summed E-state index contributed by atoms with van der Waals surface area (Å²) in [4.78, 5) is 21.0. The maximum atomic E-state index is 12.5. The molecular weight excluding hydrogens is 334 g/mol. The highest BCUT2D eigenvalue weighted by molar-refractivity contribution is 7.07. The van der Waals surface area contributed by atoms with E-state index >= 15 is 0 Å². The summed E-state index contributed by atoms with van der Waals surface area (Å²) in [5, 5.41) is 7.21. The SMILES string of the molecule is COc1ncccc1[C@H](Cc1ccsc1)NC(=O)Cc1ccccn1. The fourth-order valence-corrected chi connectivity index (χ4v) is 3.32. The molecule has 3 rings (SSSR count). The van der Waals surface area contributed by atoms with Gasteiger partial charge >= 0.3 is 0 Å². The summed E-state index contributed by atoms with van der Waals surface area (Å²) < 4.78 is 5.37. The zero-order valence-corrected chi connectivity index (χ0v) is 14.7. The van der Waals surface area contributed by atoms with Gasteiger partial charge in [0.2, 0.25) is 11.8 Å². The van der Waals surface area contributed by atoms with E-state index in [4.69, 9.17) is 4.74 Å². The van der Waals surface area contributed by atoms with Crippen molar-refractivity contribution in [2.75, 3.05) is 7.11 Å². The molecular formula is C19H19N3O2S. The molecule has 6 heteroatoms. The number of amides is 1. The average Bonchev–Trinajstić information content (AvgIpc) is 3.15. The lowest BCUT2D eigenvalue weighted by atomic mass is 10.0. The minimum absolute atomic E-state index is 0.0789. The van der Waals surface area contributed by atoms with Gasteiger partial charge in [-0.15, -0.1) is 0 Å². The standard InChI is InChI=1S/C19H19N3O2S/c1-24-19-16(6-4-9-21-19)17(11-14-7-10-25-13-14)22-18(23)12-15-5-2-3-8-20-15/h2-10,13,17H,11-12H2,1H3,(H,22,23)/t17-/m0/s1. The van der Waals surface area contributed by atoms with Crippen LogP contribution in [0.25, 0.3) is 0 Å². The fraction of sp³-hybridized carbons (Fsp3) is 0.211. The van der Waals surface area contributed by atoms with Crippen LogP contribution < -0.4 is 10.1 Å². The van der Waals surface area contributed by atoms with Crippen LogP contribution in [-0.4, -0.2) is 23.0 Å². The van der Waals surface area contributed by atoms with Crippen molar-refractivity contribution in [2.24, 2.45) is 0 Å². The van der Waals surface area contributed by atoms with E-state index in [2.05, 4.69) is 26.7 Å². The van der Waals surface area contributed by atoms with E-state index in [9.17, 15) is 4.79 Å². The van der Waals surface area contributed by atoms with Crippen LogP contribution in [0.4, 0.5) is 0 Å². The monoisotopic (exact) mass is 353 g/mol. The zero-order chi connectivity index (χ0) is 17.5. The number of pyridine rings is 2. The molecule has 0 bridgehead atoms. The molecule has 0 spiro atoms. The molecule has 1 N–H and O–H groups in total. The van der Waals surface area contributed by atoms with Crippen LogP contribution in [-0.2, 0) is 17.6 Å². The van der Waals surface area contributed by atoms with Gasteiger partial charge < -0.3 is 10.1 Å². The van der Waals surface area contributed by atoms with Crippen LogP contribution in [0, 0.1) is 0 Å². The summed E-state index contributed by atoms with van der Waals surface area (Å²) in [6, 6.07) is 11.2. The zero-order valence-electron chi connectivity index (χ0n) is 13.9. The van der Waals surface area contributed by atoms with E-state index in [-0.39, 0.29) is 18.4 Å². The predicted octanol–water partition coefficient (Wildman–Crippen LogP) is 3.19. The number of methoxy groups -OCH3 is 1. The van der Waals surface area contributed by atoms with Gasteiger partial charge in [0.15, 0.2) is 0 Å². The third-order valence-electron chi connectivity index (χ3n) is 3.79. The molecule has 1 atom stereocenters. The van der Waals surface area contributed by atoms with Gasteiger partial charge in [-0.2, -0.15) is 11.3 Å². The van der Waals surface area contributed by atoms with Gasteiger partial charge in [0.25, 0.3) is 0 Å². The first kappa shape index (κ1) is 17.1. The van der Waals surface area contributed by atoms with Crippen molar-refractivity contribution in [3.8, 4) is 5.88 Å². The van der Waals surface area contributed by atoms with Gasteiger partial charge in [0, 0.05) is 23.7 Å². The number of aromatic nitrogens is 2. The minimum atomic E-state index is -0.213. The van der Waals surface area contributed by atoms with Crippen LogP contribution in [0.5, 0.6) is 5.88 Å². The molecule has 0 aliphatic rings. The predicted molar refractivity (Wildman–Crippen MR) is 97.6 cm³/mol. The van der Waals surface area contributed by atoms with Gasteiger partial charge in [-0.05, 0) is 47.0 Å². The van der Waals surface area contributed by atoms with Crippen LogP contribution in [0.15, 0.2) is 59.6 Å². The molecule has 1 amide bonds. The topological polar surface area (TPSA) is 64.1 Å². The molecule has 25 heavy (non-hydrogen) atoms. The summed E-state index contributed by atoms with van der Waals surface area (Å²) in [5.41, 5.74) is 2.78. The van der Waals surface area contributed by atoms with Crippen LogP contribution >= 0.6 is 11.3 Å². The molecule has 0 aliphatic heterocycles. The quantitative estimate of drug-likeness (QED) is 0.708. The van der Waals surface area contributed by atoms with E-state index in [1.807, 2.05) is 35.7 Å². The molecule has 0 fully saturated rings. The first-order valence-corrected chi connectivity index (χ1v) is 8.90. The van der Waals surface area contributed by atoms with Crippen molar-refractivity contribution in [3.63, 3.8) is 0 Å². The number of hydrogen-bond acceptors (Lipinski definition) is 5. The van der Waals surface area contributed by atoms with Crippen molar-refractivity contribution in [3.05, 3.63) is 76.4 Å². The number of nitrogens with one attached hydrogen (secondary N) is 1. The second-order valence-electron chi connectivity index (χ2n) is 5.56. The Kier molecular flexibility index (Phi) is 5.74. The largest absolute Gasteiger partial charge is 0.481 e. The minimum Gasteiger partial charge on any atom is -0.481 e. The van der Waals surface area contributed by atoms with Gasteiger partial charge in [0.05, 0.1) is 19.6 Å². The molecule has 3 heterocycles. The molecule has 3 aromatic rings. The second kappa shape index (κ2) is 8.39. The fourth-order valence-electron chi connectivity index (χ4n) is 2.63. The summed E-state index contributed by atoms with van der Waals surface area (Å²) in [6.07, 6.45) is 4.29. The molecule has 5 nitrogen and oxygen atoms in total. The molecule has 0 saturated heterocycles. The summed E-state index contributed by atoms with van der Waals surface area (Å²) in [6.45, 7) is 0. The Morgan fingerprint density at radius 2 is 2.08 bits per heavy atom. The normalized spacial score (nSPS) is 11.7. The lowest BCUT2D eigenvalue weighted by Gasteiger charge is -2.20. The van der Waals surface area contributed by atoms with Gasteiger partial charge in [-0.1, -0.05) is 12.1 Å². The Hall–Kier alpha value is -2.73. The van der Waals surface area contributed by atoms with Crippen molar-refractivity contribution in [2.45, 2.75) is 18.9 Å². The number of carbonyl (C=O) groups is 1.